The summed E-state index contributed by atoms with van der Waals surface area (Å²) in [7, 11) is 0. The Kier molecular flexibility index (Phi) is 10.6. The fourth-order valence-corrected chi connectivity index (χ4v) is 12.9. The van der Waals surface area contributed by atoms with Gasteiger partial charge in [-0.2, -0.15) is 0 Å². The van der Waals surface area contributed by atoms with Gasteiger partial charge in [0.15, 0.2) is 0 Å². The third kappa shape index (κ3) is 7.19. The smallest absolute Gasteiger partial charge is 0.115 e. The summed E-state index contributed by atoms with van der Waals surface area (Å²) in [5.74, 6) is 8.26. The van der Waals surface area contributed by atoms with Gasteiger partial charge in [0.25, 0.3) is 0 Å². The summed E-state index contributed by atoms with van der Waals surface area (Å²) in [5, 5.41) is 0. The van der Waals surface area contributed by atoms with E-state index in [1.165, 1.54) is 122 Å². The van der Waals surface area contributed by atoms with Gasteiger partial charge in [-0.3, -0.25) is 0 Å². The average Bonchev–Trinajstić information content (AvgIpc) is 3.62. The Bertz CT molecular complexity index is 3230. The molecule has 2 heterocycles. The number of allylic oxidation sites excluding steroid dienone is 4. The zero-order valence-corrected chi connectivity index (χ0v) is 38.9. The molecule has 1 saturated carbocycles. The predicted molar refractivity (Wildman–Crippen MR) is 290 cm³/mol. The van der Waals surface area contributed by atoms with Crippen LogP contribution in [0.3, 0.4) is 0 Å². The van der Waals surface area contributed by atoms with Crippen LogP contribution in [0.1, 0.15) is 44.1 Å². The lowest BCUT2D eigenvalue weighted by Gasteiger charge is -2.36. The normalized spacial score (nSPS) is 20.8. The molecule has 2 fully saturated rings. The summed E-state index contributed by atoms with van der Waals surface area (Å²) in [5.41, 5.74) is 20.6. The maximum atomic E-state index is 3.53. The molecule has 4 unspecified atom stereocenters. The van der Waals surface area contributed by atoms with Crippen LogP contribution in [0.2, 0.25) is 0 Å². The van der Waals surface area contributed by atoms with Crippen LogP contribution in [-0.4, -0.2) is 18.1 Å². The summed E-state index contributed by atoms with van der Waals surface area (Å²) >= 11 is 0. The molecule has 0 spiro atoms. The minimum absolute atomic E-state index is 0.0777. The maximum absolute atomic E-state index is 3.53. The van der Waals surface area contributed by atoms with E-state index in [0.29, 0.717) is 18.0 Å². The molecule has 0 N–H and O–H groups in total. The summed E-state index contributed by atoms with van der Waals surface area (Å²) in [4.78, 5) is 5.27. The van der Waals surface area contributed by atoms with E-state index in [1.807, 2.05) is 6.08 Å². The second-order valence-electron chi connectivity index (χ2n) is 19.5. The van der Waals surface area contributed by atoms with Crippen molar-refractivity contribution in [3.05, 3.63) is 230 Å². The highest BCUT2D eigenvalue weighted by Crippen LogP contribution is 2.57. The molecule has 8 aromatic carbocycles. The molecule has 0 aromatic heterocycles. The predicted octanol–water partition coefficient (Wildman–Crippen LogP) is 16.9. The van der Waals surface area contributed by atoms with Crippen molar-refractivity contribution < 1.29 is 0 Å². The highest BCUT2D eigenvalue weighted by molar-refractivity contribution is 6.15. The molecule has 2 aliphatic heterocycles. The third-order valence-electron chi connectivity index (χ3n) is 15.7. The molecule has 0 radical (unpaired) electrons. The molecule has 2 bridgehead atoms. The molecule has 3 aliphatic carbocycles. The second-order valence-corrected chi connectivity index (χ2v) is 19.5. The topological polar surface area (TPSA) is 6.48 Å². The van der Waals surface area contributed by atoms with Gasteiger partial charge in [-0.05, 0) is 152 Å². The Balaban J connectivity index is 1.08. The van der Waals surface area contributed by atoms with Crippen LogP contribution in [0.5, 0.6) is 0 Å². The lowest BCUT2D eigenvalue weighted by atomic mass is 9.74. The van der Waals surface area contributed by atoms with E-state index in [4.69, 9.17) is 0 Å². The Morgan fingerprint density at radius 3 is 1.46 bits per heavy atom. The van der Waals surface area contributed by atoms with Crippen molar-refractivity contribution in [2.24, 2.45) is 11.8 Å². The lowest BCUT2D eigenvalue weighted by molar-refractivity contribution is 0.299. The van der Waals surface area contributed by atoms with Gasteiger partial charge in [0, 0.05) is 34.9 Å². The second kappa shape index (κ2) is 17.7. The minimum Gasteiger partial charge on any atom is -0.365 e. The summed E-state index contributed by atoms with van der Waals surface area (Å²) in [6.45, 7) is 0. The molecule has 1 saturated heterocycles. The van der Waals surface area contributed by atoms with Gasteiger partial charge in [-0.15, -0.1) is 0 Å². The summed E-state index contributed by atoms with van der Waals surface area (Å²) < 4.78 is 0. The first-order chi connectivity index (χ1) is 34.3. The van der Waals surface area contributed by atoms with E-state index < -0.39 is 0 Å². The zero-order valence-electron chi connectivity index (χ0n) is 38.9. The van der Waals surface area contributed by atoms with Gasteiger partial charge < -0.3 is 9.80 Å². The maximum Gasteiger partial charge on any atom is 0.115 e. The van der Waals surface area contributed by atoms with Crippen LogP contribution >= 0.6 is 0 Å². The zero-order chi connectivity index (χ0) is 45.7. The molecular formula is C67H54N2. The largest absolute Gasteiger partial charge is 0.365 e. The number of para-hydroxylation sites is 1. The van der Waals surface area contributed by atoms with Crippen LogP contribution in [0.25, 0.3) is 72.3 Å². The van der Waals surface area contributed by atoms with Crippen molar-refractivity contribution in [2.75, 3.05) is 9.80 Å². The number of anilines is 3. The van der Waals surface area contributed by atoms with Gasteiger partial charge in [0.05, 0.1) is 5.69 Å². The Labute approximate surface area is 407 Å². The molecular weight excluding hydrogens is 833 g/mol. The van der Waals surface area contributed by atoms with E-state index >= 15 is 0 Å². The average molecular weight is 887 g/mol. The van der Waals surface area contributed by atoms with Crippen LogP contribution in [0.4, 0.5) is 17.1 Å². The number of hydrogen-bond acceptors (Lipinski definition) is 2. The molecule has 332 valence electrons. The quantitative estimate of drug-likeness (QED) is 0.111. The summed E-state index contributed by atoms with van der Waals surface area (Å²) in [6.07, 6.45) is 19.2. The molecule has 0 amide bonds. The number of nitrogens with zero attached hydrogens (tertiary/aromatic N) is 2. The number of rotatable bonds is 8. The molecule has 2 nitrogen and oxygen atoms in total. The minimum atomic E-state index is -0.0777. The van der Waals surface area contributed by atoms with E-state index in [0.717, 1.165) is 17.2 Å². The first kappa shape index (κ1) is 41.3. The number of benzene rings is 8. The molecule has 5 aliphatic rings. The van der Waals surface area contributed by atoms with Crippen LogP contribution < -0.4 is 9.80 Å². The molecule has 13 rings (SSSR count). The van der Waals surface area contributed by atoms with Crippen LogP contribution in [-0.2, 0) is 0 Å². The standard InChI is InChI=1S/C67H54N2/c1-5-21-46(22-6-1)62-64(48-25-9-3-10-26-48)67(51-39-43-54(44-40-51)69-60-35-19-16-32-57(60)58-33-17-20-36-61(58)69)65(49-27-11-4-12-28-49)63(47-23-7-2-8-24-47)66(62)50-37-41-53(42-38-50)68-55-30-14-13-29-52(45-55)56-31-15-18-34-59(56)68/h1-13,15-16,18,21-29,31-32,34,37-45,55,57-58,60-61H,17,19-20,33,35-36H2/t55?,57?,58-,60?,61?/m1/s1. The monoisotopic (exact) mass is 886 g/mol. The van der Waals surface area contributed by atoms with Crippen molar-refractivity contribution in [1.82, 2.24) is 0 Å². The van der Waals surface area contributed by atoms with Gasteiger partial charge in [-0.25, -0.2) is 0 Å². The third-order valence-corrected chi connectivity index (χ3v) is 15.7. The summed E-state index contributed by atoms with van der Waals surface area (Å²) in [6, 6.07) is 73.6. The van der Waals surface area contributed by atoms with Crippen LogP contribution in [0.15, 0.2) is 225 Å². The van der Waals surface area contributed by atoms with Crippen molar-refractivity contribution in [2.45, 2.75) is 56.7 Å². The number of fused-ring (bicyclic) bond motifs is 6. The van der Waals surface area contributed by atoms with Gasteiger partial charge in [-0.1, -0.05) is 201 Å². The molecule has 2 heteroatoms. The highest BCUT2D eigenvalue weighted by Gasteiger charge is 2.48. The Hall–Kier alpha value is -7.86. The first-order valence-corrected chi connectivity index (χ1v) is 25.2. The first-order valence-electron chi connectivity index (χ1n) is 25.2. The lowest BCUT2D eigenvalue weighted by Crippen LogP contribution is -2.39. The van der Waals surface area contributed by atoms with Crippen molar-refractivity contribution in [1.29, 1.82) is 0 Å². The molecule has 69 heavy (non-hydrogen) atoms. The van der Waals surface area contributed by atoms with Gasteiger partial charge in [0.2, 0.25) is 0 Å². The van der Waals surface area contributed by atoms with E-state index in [2.05, 4.69) is 240 Å². The van der Waals surface area contributed by atoms with E-state index in [9.17, 15) is 0 Å². The van der Waals surface area contributed by atoms with Crippen molar-refractivity contribution >= 4 is 22.6 Å². The fraction of sp³-hybridized carbons (Fsp3) is 0.164. The van der Waals surface area contributed by atoms with E-state index in [1.54, 1.807) is 0 Å². The molecule has 8 aromatic rings. The van der Waals surface area contributed by atoms with Crippen molar-refractivity contribution in [3.63, 3.8) is 0 Å². The highest BCUT2D eigenvalue weighted by atomic mass is 15.2. The van der Waals surface area contributed by atoms with Crippen LogP contribution in [0, 0.1) is 23.7 Å². The SMILES string of the molecule is C1#CC2C=C(C=C1)c1ccccc1N2c1ccc(-c2c(-c3ccccc3)c(-c3ccccc3)c(-c3ccc(N4C5CCC=CC5[C@H]5CCCCC54)cc3)c(-c3ccccc3)c2-c2ccccc2)cc1. The fourth-order valence-electron chi connectivity index (χ4n) is 12.9. The Morgan fingerprint density at radius 1 is 0.435 bits per heavy atom. The van der Waals surface area contributed by atoms with Crippen molar-refractivity contribution in [3.8, 4) is 78.6 Å². The number of hydrogen-bond donors (Lipinski definition) is 0. The molecule has 5 atom stereocenters. The van der Waals surface area contributed by atoms with Gasteiger partial charge >= 0.3 is 0 Å². The van der Waals surface area contributed by atoms with Gasteiger partial charge in [0.1, 0.15) is 6.04 Å². The van der Waals surface area contributed by atoms with E-state index in [-0.39, 0.29) is 6.04 Å². The Morgan fingerprint density at radius 2 is 0.913 bits per heavy atom.